The van der Waals surface area contributed by atoms with Crippen LogP contribution in [0.5, 0.6) is 0 Å². The van der Waals surface area contributed by atoms with Gasteiger partial charge in [0.25, 0.3) is 0 Å². The Morgan fingerprint density at radius 1 is 1.90 bits per heavy atom. The Balaban J connectivity index is 2.76. The molecule has 0 saturated heterocycles. The van der Waals surface area contributed by atoms with Crippen LogP contribution >= 0.6 is 11.5 Å². The lowest BCUT2D eigenvalue weighted by atomic mass is 10.1. The molecule has 0 fully saturated rings. The molecule has 0 spiro atoms. The zero-order chi connectivity index (χ0) is 7.40. The largest absolute Gasteiger partial charge is 0.142 e. The highest BCUT2D eigenvalue weighted by Crippen LogP contribution is 2.15. The normalized spacial score (nSPS) is 12.4. The highest BCUT2D eigenvalue weighted by molar-refractivity contribution is 7.03. The zero-order valence-corrected chi connectivity index (χ0v) is 6.48. The topological polar surface area (TPSA) is 25.8 Å². The summed E-state index contributed by atoms with van der Waals surface area (Å²) in [5, 5.41) is 5.70. The van der Waals surface area contributed by atoms with Gasteiger partial charge < -0.3 is 0 Å². The molecule has 3 heteroatoms. The predicted molar refractivity (Wildman–Crippen MR) is 40.1 cm³/mol. The molecular formula is C7H7N2S. The molecule has 1 heterocycles. The van der Waals surface area contributed by atoms with E-state index in [2.05, 4.69) is 15.5 Å². The monoisotopic (exact) mass is 151 g/mol. The minimum atomic E-state index is 0.0405. The maximum absolute atomic E-state index is 6.92. The Kier molecular flexibility index (Phi) is 2.41. The Hall–Kier alpha value is -0.880. The molecule has 0 aliphatic carbocycles. The van der Waals surface area contributed by atoms with E-state index in [4.69, 9.17) is 6.42 Å². The Bertz CT molecular complexity index is 222. The number of rotatable bonds is 2. The molecule has 0 saturated carbocycles. The third-order valence-electron chi connectivity index (χ3n) is 1.32. The first-order valence-electron chi connectivity index (χ1n) is 3.07. The van der Waals surface area contributed by atoms with Gasteiger partial charge in [0, 0.05) is 5.38 Å². The minimum absolute atomic E-state index is 0.0405. The molecule has 0 N–H and O–H groups in total. The van der Waals surface area contributed by atoms with Gasteiger partial charge in [-0.3, -0.25) is 0 Å². The highest BCUT2D eigenvalue weighted by Gasteiger charge is 2.07. The molecule has 0 amide bonds. The molecule has 1 atom stereocenters. The van der Waals surface area contributed by atoms with E-state index in [0.717, 1.165) is 12.1 Å². The molecule has 1 aromatic heterocycles. The minimum Gasteiger partial charge on any atom is -0.142 e. The van der Waals surface area contributed by atoms with E-state index < -0.39 is 0 Å². The third-order valence-corrected chi connectivity index (χ3v) is 1.84. The van der Waals surface area contributed by atoms with Crippen molar-refractivity contribution >= 4 is 11.5 Å². The van der Waals surface area contributed by atoms with Crippen molar-refractivity contribution in [2.75, 3.05) is 0 Å². The summed E-state index contributed by atoms with van der Waals surface area (Å²) in [5.74, 6) is 2.45. The smallest absolute Gasteiger partial charge is 0.0905 e. The number of nitrogens with zero attached hydrogens (tertiary/aromatic N) is 2. The maximum atomic E-state index is 6.92. The quantitative estimate of drug-likeness (QED) is 0.600. The fourth-order valence-corrected chi connectivity index (χ4v) is 1.22. The molecule has 1 aromatic rings. The van der Waals surface area contributed by atoms with E-state index >= 15 is 0 Å². The molecule has 0 aliphatic heterocycles. The van der Waals surface area contributed by atoms with Crippen LogP contribution in [0.25, 0.3) is 0 Å². The van der Waals surface area contributed by atoms with Crippen molar-refractivity contribution in [2.24, 2.45) is 0 Å². The van der Waals surface area contributed by atoms with Gasteiger partial charge in [-0.2, -0.15) is 0 Å². The van der Waals surface area contributed by atoms with E-state index in [-0.39, 0.29) is 5.92 Å². The van der Waals surface area contributed by atoms with Gasteiger partial charge in [0.1, 0.15) is 0 Å². The summed E-state index contributed by atoms with van der Waals surface area (Å²) in [6, 6.07) is 0. The summed E-state index contributed by atoms with van der Waals surface area (Å²) >= 11 is 1.31. The first-order chi connectivity index (χ1) is 4.88. The van der Waals surface area contributed by atoms with Crippen LogP contribution in [0.2, 0.25) is 0 Å². The molecule has 1 unspecified atom stereocenters. The first kappa shape index (κ1) is 7.23. The van der Waals surface area contributed by atoms with Crippen molar-refractivity contribution in [3.63, 3.8) is 0 Å². The van der Waals surface area contributed by atoms with Crippen molar-refractivity contribution in [2.45, 2.75) is 19.3 Å². The molecule has 0 aliphatic rings. The summed E-state index contributed by atoms with van der Waals surface area (Å²) in [4.78, 5) is 0. The predicted octanol–water partition coefficient (Wildman–Crippen LogP) is 1.62. The second-order valence-electron chi connectivity index (χ2n) is 1.93. The van der Waals surface area contributed by atoms with Crippen molar-refractivity contribution in [3.05, 3.63) is 17.5 Å². The Labute approximate surface area is 64.4 Å². The van der Waals surface area contributed by atoms with Gasteiger partial charge in [-0.05, 0) is 24.4 Å². The molecule has 1 rings (SSSR count). The summed E-state index contributed by atoms with van der Waals surface area (Å²) in [7, 11) is 0. The second kappa shape index (κ2) is 3.33. The van der Waals surface area contributed by atoms with Crippen LogP contribution in [0.3, 0.4) is 0 Å². The molecule has 0 aromatic carbocycles. The van der Waals surface area contributed by atoms with Gasteiger partial charge in [-0.1, -0.05) is 17.3 Å². The molecular weight excluding hydrogens is 144 g/mol. The van der Waals surface area contributed by atoms with Crippen LogP contribution in [-0.2, 0) is 0 Å². The van der Waals surface area contributed by atoms with Crippen LogP contribution in [0, 0.1) is 12.3 Å². The third kappa shape index (κ3) is 1.34. The van der Waals surface area contributed by atoms with E-state index in [1.165, 1.54) is 11.5 Å². The van der Waals surface area contributed by atoms with E-state index in [9.17, 15) is 0 Å². The van der Waals surface area contributed by atoms with E-state index in [0.29, 0.717) is 0 Å². The molecule has 1 radical (unpaired) electrons. The Morgan fingerprint density at radius 2 is 2.70 bits per heavy atom. The lowest BCUT2D eigenvalue weighted by Gasteiger charge is -1.99. The van der Waals surface area contributed by atoms with Gasteiger partial charge >= 0.3 is 0 Å². The van der Waals surface area contributed by atoms with Gasteiger partial charge in [0.05, 0.1) is 11.6 Å². The molecule has 2 nitrogen and oxygen atoms in total. The van der Waals surface area contributed by atoms with Crippen molar-refractivity contribution in [3.8, 4) is 5.92 Å². The fraction of sp³-hybridized carbons (Fsp3) is 0.429. The summed E-state index contributed by atoms with van der Waals surface area (Å²) in [6.45, 7) is 2.01. The summed E-state index contributed by atoms with van der Waals surface area (Å²) < 4.78 is 3.71. The van der Waals surface area contributed by atoms with Crippen LogP contribution < -0.4 is 0 Å². The van der Waals surface area contributed by atoms with Crippen molar-refractivity contribution < 1.29 is 0 Å². The average Bonchev–Trinajstić information content (AvgIpc) is 2.43. The standard InChI is InChI=1S/C7H7N2S/c1-3-6(4-2)7-5-10-9-8-7/h5-6H,3H2,1H3. The molecule has 10 heavy (non-hydrogen) atoms. The van der Waals surface area contributed by atoms with Crippen LogP contribution in [-0.4, -0.2) is 9.59 Å². The average molecular weight is 151 g/mol. The van der Waals surface area contributed by atoms with Crippen molar-refractivity contribution in [1.29, 1.82) is 0 Å². The molecule has 0 bridgehead atoms. The van der Waals surface area contributed by atoms with Gasteiger partial charge in [-0.15, -0.1) is 5.10 Å². The maximum Gasteiger partial charge on any atom is 0.0905 e. The summed E-state index contributed by atoms with van der Waals surface area (Å²) in [6.07, 6.45) is 7.79. The number of hydrogen-bond acceptors (Lipinski definition) is 3. The number of aromatic nitrogens is 2. The number of hydrogen-bond donors (Lipinski definition) is 0. The Morgan fingerprint density at radius 3 is 3.10 bits per heavy atom. The lowest BCUT2D eigenvalue weighted by Crippen LogP contribution is -1.93. The SMILES string of the molecule is [C]#CC(CC)c1csnn1. The first-order valence-corrected chi connectivity index (χ1v) is 3.91. The van der Waals surface area contributed by atoms with Crippen LogP contribution in [0.15, 0.2) is 5.38 Å². The van der Waals surface area contributed by atoms with Crippen LogP contribution in [0.4, 0.5) is 0 Å². The van der Waals surface area contributed by atoms with Gasteiger partial charge in [0.15, 0.2) is 0 Å². The van der Waals surface area contributed by atoms with Gasteiger partial charge in [0.2, 0.25) is 0 Å². The van der Waals surface area contributed by atoms with Crippen LogP contribution in [0.1, 0.15) is 25.0 Å². The fourth-order valence-electron chi connectivity index (χ4n) is 0.709. The molecule has 51 valence electrons. The van der Waals surface area contributed by atoms with Gasteiger partial charge in [-0.25, -0.2) is 0 Å². The zero-order valence-electron chi connectivity index (χ0n) is 5.66. The second-order valence-corrected chi connectivity index (χ2v) is 2.54. The summed E-state index contributed by atoms with van der Waals surface area (Å²) in [5.41, 5.74) is 0.863. The van der Waals surface area contributed by atoms with E-state index in [1.807, 2.05) is 12.3 Å². The van der Waals surface area contributed by atoms with Crippen molar-refractivity contribution in [1.82, 2.24) is 9.59 Å². The van der Waals surface area contributed by atoms with E-state index in [1.54, 1.807) is 0 Å². The lowest BCUT2D eigenvalue weighted by molar-refractivity contribution is 0.789. The highest BCUT2D eigenvalue weighted by atomic mass is 32.1.